The zero-order valence-electron chi connectivity index (χ0n) is 13.2. The van der Waals surface area contributed by atoms with Gasteiger partial charge in [-0.2, -0.15) is 8.42 Å². The van der Waals surface area contributed by atoms with Crippen LogP contribution in [-0.2, 0) is 19.6 Å². The molecule has 4 rings (SSSR count). The van der Waals surface area contributed by atoms with Crippen LogP contribution in [0, 0.1) is 0 Å². The fourth-order valence-electron chi connectivity index (χ4n) is 3.43. The number of hydrogen-bond acceptors (Lipinski definition) is 5. The zero-order chi connectivity index (χ0) is 16.7. The summed E-state index contributed by atoms with van der Waals surface area (Å²) in [7, 11) is -3.60. The normalized spacial score (nSPS) is 25.5. The van der Waals surface area contributed by atoms with Gasteiger partial charge in [-0.05, 0) is 25.0 Å². The lowest BCUT2D eigenvalue weighted by Gasteiger charge is -2.36. The molecule has 0 aromatic heterocycles. The van der Waals surface area contributed by atoms with E-state index in [1.54, 1.807) is 18.2 Å². The van der Waals surface area contributed by atoms with Crippen LogP contribution in [0.3, 0.4) is 0 Å². The SMILES string of the molecule is O=C(C1CCCO1)N1CCN(C2=NS(=O)(=O)c3ccccc32)CC1. The van der Waals surface area contributed by atoms with Crippen molar-refractivity contribution < 1.29 is 17.9 Å². The third-order valence-corrected chi connectivity index (χ3v) is 6.03. The smallest absolute Gasteiger partial charge is 0.285 e. The van der Waals surface area contributed by atoms with Crippen molar-refractivity contribution in [3.63, 3.8) is 0 Å². The van der Waals surface area contributed by atoms with E-state index in [4.69, 9.17) is 4.74 Å². The third-order valence-electron chi connectivity index (χ3n) is 4.71. The van der Waals surface area contributed by atoms with Gasteiger partial charge in [-0.3, -0.25) is 4.79 Å². The molecule has 0 radical (unpaired) electrons. The number of amidine groups is 1. The summed E-state index contributed by atoms with van der Waals surface area (Å²) < 4.78 is 33.7. The molecule has 1 aromatic carbocycles. The van der Waals surface area contributed by atoms with E-state index in [9.17, 15) is 13.2 Å². The Labute approximate surface area is 141 Å². The average Bonchev–Trinajstić information content (AvgIpc) is 3.22. The summed E-state index contributed by atoms with van der Waals surface area (Å²) in [5.41, 5.74) is 0.649. The fraction of sp³-hybridized carbons (Fsp3) is 0.500. The molecule has 1 unspecified atom stereocenters. The maximum absolute atomic E-state index is 12.4. The van der Waals surface area contributed by atoms with E-state index >= 15 is 0 Å². The number of piperazine rings is 1. The molecule has 24 heavy (non-hydrogen) atoms. The van der Waals surface area contributed by atoms with Crippen molar-refractivity contribution in [2.75, 3.05) is 32.8 Å². The molecule has 128 valence electrons. The Morgan fingerprint density at radius 1 is 1.17 bits per heavy atom. The van der Waals surface area contributed by atoms with Gasteiger partial charge in [-0.1, -0.05) is 12.1 Å². The number of hydrogen-bond donors (Lipinski definition) is 0. The molecule has 0 N–H and O–H groups in total. The molecular formula is C16H19N3O4S. The number of carbonyl (C=O) groups is 1. The van der Waals surface area contributed by atoms with Crippen LogP contribution in [-0.4, -0.2) is 68.9 Å². The molecule has 8 heteroatoms. The average molecular weight is 349 g/mol. The molecule has 1 atom stereocenters. The summed E-state index contributed by atoms with van der Waals surface area (Å²) in [6.45, 7) is 2.91. The topological polar surface area (TPSA) is 79.3 Å². The summed E-state index contributed by atoms with van der Waals surface area (Å²) in [6.07, 6.45) is 1.42. The fourth-order valence-corrected chi connectivity index (χ4v) is 4.66. The first kappa shape index (κ1) is 15.6. The Hall–Kier alpha value is -1.93. The number of nitrogens with zero attached hydrogens (tertiary/aromatic N) is 3. The third kappa shape index (κ3) is 2.59. The molecule has 0 saturated carbocycles. The van der Waals surface area contributed by atoms with Crippen LogP contribution in [0.2, 0.25) is 0 Å². The van der Waals surface area contributed by atoms with E-state index in [1.807, 2.05) is 15.9 Å². The van der Waals surface area contributed by atoms with E-state index in [0.717, 1.165) is 12.8 Å². The standard InChI is InChI=1S/C16H19N3O4S/c20-16(13-5-3-11-23-13)19-9-7-18(8-10-19)15-12-4-1-2-6-14(12)24(21,22)17-15/h1-2,4,6,13H,3,5,7-11H2. The van der Waals surface area contributed by atoms with Crippen LogP contribution in [0.15, 0.2) is 33.6 Å². The highest BCUT2D eigenvalue weighted by Crippen LogP contribution is 2.28. The van der Waals surface area contributed by atoms with E-state index in [1.165, 1.54) is 0 Å². The monoisotopic (exact) mass is 349 g/mol. The Bertz CT molecular complexity index is 791. The van der Waals surface area contributed by atoms with Crippen molar-refractivity contribution in [2.45, 2.75) is 23.8 Å². The predicted molar refractivity (Wildman–Crippen MR) is 87.3 cm³/mol. The molecule has 0 spiro atoms. The van der Waals surface area contributed by atoms with Crippen molar-refractivity contribution >= 4 is 21.8 Å². The molecule has 7 nitrogen and oxygen atoms in total. The summed E-state index contributed by atoms with van der Waals surface area (Å²) in [6, 6.07) is 6.88. The lowest BCUT2D eigenvalue weighted by molar-refractivity contribution is -0.142. The Morgan fingerprint density at radius 3 is 2.62 bits per heavy atom. The van der Waals surface area contributed by atoms with Crippen LogP contribution < -0.4 is 0 Å². The summed E-state index contributed by atoms with van der Waals surface area (Å²) >= 11 is 0. The number of benzene rings is 1. The highest BCUT2D eigenvalue weighted by Gasteiger charge is 2.35. The summed E-state index contributed by atoms with van der Waals surface area (Å²) in [5.74, 6) is 0.545. The van der Waals surface area contributed by atoms with Crippen molar-refractivity contribution in [3.8, 4) is 0 Å². The second-order valence-corrected chi connectivity index (χ2v) is 7.77. The van der Waals surface area contributed by atoms with Gasteiger partial charge in [0.25, 0.3) is 15.9 Å². The predicted octanol–water partition coefficient (Wildman–Crippen LogP) is 0.459. The van der Waals surface area contributed by atoms with E-state index in [0.29, 0.717) is 44.2 Å². The first-order valence-electron chi connectivity index (χ1n) is 8.16. The van der Waals surface area contributed by atoms with Crippen LogP contribution in [0.25, 0.3) is 0 Å². The van der Waals surface area contributed by atoms with E-state index in [2.05, 4.69) is 4.40 Å². The molecule has 2 saturated heterocycles. The van der Waals surface area contributed by atoms with Gasteiger partial charge in [-0.15, -0.1) is 4.40 Å². The van der Waals surface area contributed by atoms with Gasteiger partial charge in [-0.25, -0.2) is 0 Å². The van der Waals surface area contributed by atoms with Crippen LogP contribution in [0.1, 0.15) is 18.4 Å². The molecule has 1 amide bonds. The van der Waals surface area contributed by atoms with Gasteiger partial charge >= 0.3 is 0 Å². The first-order valence-corrected chi connectivity index (χ1v) is 9.60. The Morgan fingerprint density at radius 2 is 1.92 bits per heavy atom. The number of fused-ring (bicyclic) bond motifs is 1. The minimum absolute atomic E-state index is 0.0496. The Balaban J connectivity index is 1.48. The minimum Gasteiger partial charge on any atom is -0.368 e. The maximum Gasteiger partial charge on any atom is 0.285 e. The van der Waals surface area contributed by atoms with Crippen molar-refractivity contribution in [1.82, 2.24) is 9.80 Å². The van der Waals surface area contributed by atoms with Crippen LogP contribution in [0.4, 0.5) is 0 Å². The van der Waals surface area contributed by atoms with E-state index in [-0.39, 0.29) is 16.9 Å². The van der Waals surface area contributed by atoms with Crippen molar-refractivity contribution in [3.05, 3.63) is 29.8 Å². The molecule has 1 aromatic rings. The lowest BCUT2D eigenvalue weighted by atomic mass is 10.1. The van der Waals surface area contributed by atoms with E-state index < -0.39 is 10.0 Å². The van der Waals surface area contributed by atoms with Gasteiger partial charge in [0.1, 0.15) is 11.0 Å². The summed E-state index contributed by atoms with van der Waals surface area (Å²) in [5, 5.41) is 0. The quantitative estimate of drug-likeness (QED) is 0.736. The van der Waals surface area contributed by atoms with Crippen LogP contribution in [0.5, 0.6) is 0 Å². The number of carbonyl (C=O) groups excluding carboxylic acids is 1. The minimum atomic E-state index is -3.60. The molecule has 0 bridgehead atoms. The van der Waals surface area contributed by atoms with Crippen LogP contribution >= 0.6 is 0 Å². The number of ether oxygens (including phenoxy) is 1. The van der Waals surface area contributed by atoms with Gasteiger partial charge in [0, 0.05) is 38.3 Å². The zero-order valence-corrected chi connectivity index (χ0v) is 14.0. The largest absolute Gasteiger partial charge is 0.368 e. The summed E-state index contributed by atoms with van der Waals surface area (Å²) in [4.78, 5) is 16.4. The van der Waals surface area contributed by atoms with Crippen molar-refractivity contribution in [2.24, 2.45) is 4.40 Å². The second kappa shape index (κ2) is 5.86. The van der Waals surface area contributed by atoms with Crippen molar-refractivity contribution in [1.29, 1.82) is 0 Å². The highest BCUT2D eigenvalue weighted by atomic mass is 32.2. The van der Waals surface area contributed by atoms with Gasteiger partial charge < -0.3 is 14.5 Å². The first-order chi connectivity index (χ1) is 11.6. The molecule has 3 aliphatic heterocycles. The van der Waals surface area contributed by atoms with Gasteiger partial charge in [0.05, 0.1) is 0 Å². The van der Waals surface area contributed by atoms with Gasteiger partial charge in [0.2, 0.25) is 0 Å². The number of sulfonamides is 1. The Kier molecular flexibility index (Phi) is 3.80. The molecular weight excluding hydrogens is 330 g/mol. The second-order valence-electron chi connectivity index (χ2n) is 6.20. The maximum atomic E-state index is 12.4. The molecule has 2 fully saturated rings. The lowest BCUT2D eigenvalue weighted by Crippen LogP contribution is -2.52. The number of rotatable bonds is 1. The molecule has 0 aliphatic carbocycles. The number of amides is 1. The molecule has 3 heterocycles. The highest BCUT2D eigenvalue weighted by molar-refractivity contribution is 7.90. The van der Waals surface area contributed by atoms with Gasteiger partial charge in [0.15, 0.2) is 5.84 Å². The molecule has 3 aliphatic rings.